The molecular weight excluding hydrogens is 476 g/mol. The topological polar surface area (TPSA) is 140 Å². The average molecular weight is 501 g/mol. The maximum Gasteiger partial charge on any atom is 0.161 e. The summed E-state index contributed by atoms with van der Waals surface area (Å²) < 4.78 is 11.4. The molecule has 0 aliphatic carbocycles. The van der Waals surface area contributed by atoms with Gasteiger partial charge in [-0.1, -0.05) is 24.3 Å². The SMILES string of the molecule is COc1cc(/C=C/c2cc(O)c3c(c2)O[C@H](c2ccc(O)c(O)c2)[C@H]3c2cc(O)cc(O)c2)ccc1O. The summed E-state index contributed by atoms with van der Waals surface area (Å²) in [5.74, 6) is -0.876. The summed E-state index contributed by atoms with van der Waals surface area (Å²) in [5, 5.41) is 61.0. The van der Waals surface area contributed by atoms with E-state index in [0.717, 1.165) is 5.56 Å². The van der Waals surface area contributed by atoms with E-state index in [1.54, 1.807) is 42.5 Å². The third kappa shape index (κ3) is 4.52. The van der Waals surface area contributed by atoms with E-state index < -0.39 is 12.0 Å². The maximum atomic E-state index is 11.1. The van der Waals surface area contributed by atoms with Crippen molar-refractivity contribution in [2.75, 3.05) is 7.11 Å². The van der Waals surface area contributed by atoms with Gasteiger partial charge in [0, 0.05) is 11.6 Å². The lowest BCUT2D eigenvalue weighted by atomic mass is 9.84. The molecule has 6 N–H and O–H groups in total. The third-order valence-corrected chi connectivity index (χ3v) is 6.29. The number of phenolic OH excluding ortho intramolecular Hbond substituents is 6. The largest absolute Gasteiger partial charge is 0.508 e. The van der Waals surface area contributed by atoms with E-state index in [0.29, 0.717) is 33.8 Å². The van der Waals surface area contributed by atoms with Gasteiger partial charge in [0.15, 0.2) is 23.0 Å². The molecular formula is C29H24O8. The summed E-state index contributed by atoms with van der Waals surface area (Å²) in [4.78, 5) is 0. The Kier molecular flexibility index (Phi) is 5.93. The van der Waals surface area contributed by atoms with Gasteiger partial charge in [0.05, 0.1) is 13.0 Å². The third-order valence-electron chi connectivity index (χ3n) is 6.29. The molecule has 0 fully saturated rings. The summed E-state index contributed by atoms with van der Waals surface area (Å²) in [6.45, 7) is 0. The van der Waals surface area contributed by atoms with Crippen LogP contribution in [0.25, 0.3) is 12.2 Å². The molecule has 1 aliphatic heterocycles. The minimum Gasteiger partial charge on any atom is -0.508 e. The number of hydrogen-bond donors (Lipinski definition) is 6. The van der Waals surface area contributed by atoms with E-state index >= 15 is 0 Å². The fourth-order valence-electron chi connectivity index (χ4n) is 4.60. The lowest BCUT2D eigenvalue weighted by molar-refractivity contribution is 0.221. The van der Waals surface area contributed by atoms with E-state index in [2.05, 4.69) is 0 Å². The highest BCUT2D eigenvalue weighted by molar-refractivity contribution is 5.74. The molecule has 0 aromatic heterocycles. The first-order valence-electron chi connectivity index (χ1n) is 11.4. The van der Waals surface area contributed by atoms with E-state index in [4.69, 9.17) is 9.47 Å². The van der Waals surface area contributed by atoms with Crippen molar-refractivity contribution in [3.8, 4) is 46.0 Å². The van der Waals surface area contributed by atoms with Crippen LogP contribution in [0.5, 0.6) is 46.0 Å². The lowest BCUT2D eigenvalue weighted by Crippen LogP contribution is -2.11. The first-order chi connectivity index (χ1) is 17.7. The van der Waals surface area contributed by atoms with Crippen molar-refractivity contribution in [1.82, 2.24) is 0 Å². The Morgan fingerprint density at radius 2 is 1.35 bits per heavy atom. The zero-order valence-corrected chi connectivity index (χ0v) is 19.7. The monoisotopic (exact) mass is 500 g/mol. The van der Waals surface area contributed by atoms with Crippen LogP contribution >= 0.6 is 0 Å². The normalized spacial score (nSPS) is 16.5. The molecule has 0 saturated heterocycles. The molecule has 1 heterocycles. The predicted octanol–water partition coefficient (Wildman–Crippen LogP) is 5.36. The minimum absolute atomic E-state index is 0.0264. The van der Waals surface area contributed by atoms with Crippen LogP contribution in [-0.4, -0.2) is 37.7 Å². The Morgan fingerprint density at radius 1 is 0.649 bits per heavy atom. The zero-order chi connectivity index (χ0) is 26.3. The second kappa shape index (κ2) is 9.23. The van der Waals surface area contributed by atoms with Gasteiger partial charge in [0.2, 0.25) is 0 Å². The van der Waals surface area contributed by atoms with E-state index in [1.807, 2.05) is 0 Å². The molecule has 2 atom stereocenters. The highest BCUT2D eigenvalue weighted by atomic mass is 16.5. The first-order valence-corrected chi connectivity index (χ1v) is 11.4. The van der Waals surface area contributed by atoms with Crippen LogP contribution in [0.1, 0.15) is 39.8 Å². The smallest absolute Gasteiger partial charge is 0.161 e. The van der Waals surface area contributed by atoms with Crippen molar-refractivity contribution in [2.24, 2.45) is 0 Å². The zero-order valence-electron chi connectivity index (χ0n) is 19.7. The number of ether oxygens (including phenoxy) is 2. The Bertz CT molecular complexity index is 1500. The van der Waals surface area contributed by atoms with E-state index in [-0.39, 0.29) is 34.5 Å². The summed E-state index contributed by atoms with van der Waals surface area (Å²) in [7, 11) is 1.46. The lowest BCUT2D eigenvalue weighted by Gasteiger charge is -2.21. The van der Waals surface area contributed by atoms with Crippen molar-refractivity contribution in [3.05, 3.63) is 94.5 Å². The van der Waals surface area contributed by atoms with Gasteiger partial charge in [-0.05, 0) is 70.8 Å². The Labute approximate surface area is 212 Å². The van der Waals surface area contributed by atoms with Crippen molar-refractivity contribution in [2.45, 2.75) is 12.0 Å². The quantitative estimate of drug-likeness (QED) is 0.159. The van der Waals surface area contributed by atoms with Crippen molar-refractivity contribution in [1.29, 1.82) is 0 Å². The summed E-state index contributed by atoms with van der Waals surface area (Å²) in [6, 6.07) is 16.7. The fraction of sp³-hybridized carbons (Fsp3) is 0.103. The highest BCUT2D eigenvalue weighted by Crippen LogP contribution is 2.54. The fourth-order valence-corrected chi connectivity index (χ4v) is 4.60. The van der Waals surface area contributed by atoms with Crippen LogP contribution in [0.4, 0.5) is 0 Å². The van der Waals surface area contributed by atoms with E-state index in [9.17, 15) is 30.6 Å². The molecule has 4 aromatic rings. The summed E-state index contributed by atoms with van der Waals surface area (Å²) in [6.07, 6.45) is 2.82. The average Bonchev–Trinajstić information content (AvgIpc) is 3.25. The molecule has 37 heavy (non-hydrogen) atoms. The summed E-state index contributed by atoms with van der Waals surface area (Å²) >= 11 is 0. The maximum absolute atomic E-state index is 11.1. The number of phenols is 6. The van der Waals surface area contributed by atoms with Gasteiger partial charge >= 0.3 is 0 Å². The molecule has 0 amide bonds. The molecule has 4 aromatic carbocycles. The molecule has 0 radical (unpaired) electrons. The first kappa shape index (κ1) is 23.7. The minimum atomic E-state index is -0.741. The highest BCUT2D eigenvalue weighted by Gasteiger charge is 2.40. The van der Waals surface area contributed by atoms with Gasteiger partial charge in [0.1, 0.15) is 29.1 Å². The number of benzene rings is 4. The Hall–Kier alpha value is -4.98. The number of hydrogen-bond acceptors (Lipinski definition) is 8. The molecule has 1 aliphatic rings. The van der Waals surface area contributed by atoms with Gasteiger partial charge in [-0.2, -0.15) is 0 Å². The van der Waals surface area contributed by atoms with Crippen molar-refractivity contribution >= 4 is 12.2 Å². The van der Waals surface area contributed by atoms with Gasteiger partial charge < -0.3 is 40.1 Å². The van der Waals surface area contributed by atoms with Gasteiger partial charge in [-0.15, -0.1) is 0 Å². The molecule has 0 bridgehead atoms. The molecule has 0 unspecified atom stereocenters. The number of rotatable bonds is 5. The van der Waals surface area contributed by atoms with Crippen LogP contribution in [0.2, 0.25) is 0 Å². The van der Waals surface area contributed by atoms with Gasteiger partial charge in [-0.25, -0.2) is 0 Å². The number of fused-ring (bicyclic) bond motifs is 1. The molecule has 0 spiro atoms. The second-order valence-electron chi connectivity index (χ2n) is 8.76. The Morgan fingerprint density at radius 3 is 2.05 bits per heavy atom. The predicted molar refractivity (Wildman–Crippen MR) is 136 cm³/mol. The van der Waals surface area contributed by atoms with Crippen LogP contribution in [-0.2, 0) is 0 Å². The summed E-state index contributed by atoms with van der Waals surface area (Å²) in [5.41, 5.74) is 2.86. The molecule has 188 valence electrons. The van der Waals surface area contributed by atoms with Crippen LogP contribution in [0.15, 0.2) is 66.7 Å². The standard InChI is InChI=1S/C29H24O8/c1-36-25-9-15(4-6-22(25)33)2-3-16-8-24(35)28-26(10-16)37-29(17-5-7-21(32)23(34)13-17)27(28)18-11-19(30)14-20(31)12-18/h2-14,27,29-35H,1H3/b3-2+/t27-,29+/m0/s1. The van der Waals surface area contributed by atoms with Gasteiger partial charge in [0.25, 0.3) is 0 Å². The van der Waals surface area contributed by atoms with Crippen LogP contribution < -0.4 is 9.47 Å². The van der Waals surface area contributed by atoms with Crippen molar-refractivity contribution in [3.63, 3.8) is 0 Å². The van der Waals surface area contributed by atoms with Crippen LogP contribution in [0.3, 0.4) is 0 Å². The molecule has 8 heteroatoms. The number of methoxy groups -OCH3 is 1. The van der Waals surface area contributed by atoms with E-state index in [1.165, 1.54) is 43.5 Å². The van der Waals surface area contributed by atoms with Crippen molar-refractivity contribution < 1.29 is 40.1 Å². The Balaban J connectivity index is 1.58. The molecule has 5 rings (SSSR count). The molecule has 0 saturated carbocycles. The molecule has 8 nitrogen and oxygen atoms in total. The van der Waals surface area contributed by atoms with Crippen LogP contribution in [0, 0.1) is 0 Å². The number of aromatic hydroxyl groups is 6. The van der Waals surface area contributed by atoms with Gasteiger partial charge in [-0.3, -0.25) is 0 Å². The second-order valence-corrected chi connectivity index (χ2v) is 8.76.